The van der Waals surface area contributed by atoms with E-state index >= 15 is 0 Å². The SMILES string of the molecule is CCNC(=O)Nc1ccc(-c2nc3c(c(N4CCOC[C@@H]4C)n2)CCN(CCOC)C3)cc1. The lowest BCUT2D eigenvalue weighted by Crippen LogP contribution is -2.45. The second-order valence-electron chi connectivity index (χ2n) is 8.49. The number of nitrogens with zero attached hydrogens (tertiary/aromatic N) is 4. The lowest BCUT2D eigenvalue weighted by molar-refractivity contribution is 0.0982. The maximum absolute atomic E-state index is 11.8. The molecule has 0 spiro atoms. The summed E-state index contributed by atoms with van der Waals surface area (Å²) in [6, 6.07) is 7.74. The highest BCUT2D eigenvalue weighted by Crippen LogP contribution is 2.31. The van der Waals surface area contributed by atoms with E-state index in [0.717, 1.165) is 55.4 Å². The predicted molar refractivity (Wildman–Crippen MR) is 129 cm³/mol. The van der Waals surface area contributed by atoms with E-state index in [9.17, 15) is 4.79 Å². The lowest BCUT2D eigenvalue weighted by Gasteiger charge is -2.37. The van der Waals surface area contributed by atoms with Gasteiger partial charge < -0.3 is 25.0 Å². The zero-order valence-corrected chi connectivity index (χ0v) is 19.8. The van der Waals surface area contributed by atoms with E-state index < -0.39 is 0 Å². The number of carbonyl (C=O) groups excluding carboxylic acids is 1. The van der Waals surface area contributed by atoms with Crippen molar-refractivity contribution in [3.05, 3.63) is 35.5 Å². The van der Waals surface area contributed by atoms with Crippen molar-refractivity contribution in [1.29, 1.82) is 0 Å². The zero-order chi connectivity index (χ0) is 23.2. The first kappa shape index (κ1) is 23.4. The summed E-state index contributed by atoms with van der Waals surface area (Å²) in [6.07, 6.45) is 0.925. The smallest absolute Gasteiger partial charge is 0.319 e. The summed E-state index contributed by atoms with van der Waals surface area (Å²) in [5.41, 5.74) is 3.99. The molecule has 1 aromatic heterocycles. The van der Waals surface area contributed by atoms with Crippen molar-refractivity contribution in [3.8, 4) is 11.4 Å². The van der Waals surface area contributed by atoms with Crippen molar-refractivity contribution in [1.82, 2.24) is 20.2 Å². The molecule has 2 aromatic rings. The van der Waals surface area contributed by atoms with Gasteiger partial charge in [0.15, 0.2) is 5.82 Å². The third kappa shape index (κ3) is 5.61. The highest BCUT2D eigenvalue weighted by atomic mass is 16.5. The highest BCUT2D eigenvalue weighted by molar-refractivity contribution is 5.89. The number of morpholine rings is 1. The largest absolute Gasteiger partial charge is 0.383 e. The first-order chi connectivity index (χ1) is 16.1. The number of hydrogen-bond acceptors (Lipinski definition) is 7. The molecule has 1 saturated heterocycles. The molecule has 0 saturated carbocycles. The van der Waals surface area contributed by atoms with Gasteiger partial charge in [-0.1, -0.05) is 0 Å². The molecule has 0 radical (unpaired) electrons. The monoisotopic (exact) mass is 454 g/mol. The van der Waals surface area contributed by atoms with Gasteiger partial charge in [-0.15, -0.1) is 0 Å². The van der Waals surface area contributed by atoms with Crippen molar-refractivity contribution < 1.29 is 14.3 Å². The molecule has 1 atom stereocenters. The van der Waals surface area contributed by atoms with Gasteiger partial charge >= 0.3 is 6.03 Å². The number of methoxy groups -OCH3 is 1. The number of ether oxygens (including phenoxy) is 2. The Hall–Kier alpha value is -2.75. The van der Waals surface area contributed by atoms with E-state index in [0.29, 0.717) is 32.2 Å². The van der Waals surface area contributed by atoms with E-state index in [1.165, 1.54) is 5.56 Å². The van der Waals surface area contributed by atoms with Crippen LogP contribution in [0, 0.1) is 0 Å². The Morgan fingerprint density at radius 3 is 2.79 bits per heavy atom. The molecule has 0 unspecified atom stereocenters. The summed E-state index contributed by atoms with van der Waals surface area (Å²) in [5, 5.41) is 5.57. The number of amides is 2. The molecule has 1 fully saturated rings. The zero-order valence-electron chi connectivity index (χ0n) is 19.8. The van der Waals surface area contributed by atoms with Gasteiger partial charge in [0.1, 0.15) is 5.82 Å². The van der Waals surface area contributed by atoms with Crippen molar-refractivity contribution in [2.75, 3.05) is 63.3 Å². The summed E-state index contributed by atoms with van der Waals surface area (Å²) in [4.78, 5) is 26.6. The van der Waals surface area contributed by atoms with E-state index in [1.807, 2.05) is 31.2 Å². The molecular weight excluding hydrogens is 420 g/mol. The van der Waals surface area contributed by atoms with Crippen molar-refractivity contribution >= 4 is 17.5 Å². The van der Waals surface area contributed by atoms with Crippen LogP contribution in [-0.4, -0.2) is 80.1 Å². The van der Waals surface area contributed by atoms with Gasteiger partial charge in [-0.05, 0) is 44.5 Å². The molecule has 9 heteroatoms. The van der Waals surface area contributed by atoms with Gasteiger partial charge in [0.2, 0.25) is 0 Å². The number of rotatable bonds is 7. The fourth-order valence-corrected chi connectivity index (χ4v) is 4.32. The fraction of sp³-hybridized carbons (Fsp3) is 0.542. The first-order valence-corrected chi connectivity index (χ1v) is 11.7. The Balaban J connectivity index is 1.65. The minimum Gasteiger partial charge on any atom is -0.383 e. The Morgan fingerprint density at radius 1 is 1.24 bits per heavy atom. The summed E-state index contributed by atoms with van der Waals surface area (Å²) >= 11 is 0. The van der Waals surface area contributed by atoms with Crippen LogP contribution in [0.15, 0.2) is 24.3 Å². The van der Waals surface area contributed by atoms with Crippen LogP contribution in [0.1, 0.15) is 25.1 Å². The Bertz CT molecular complexity index is 952. The second-order valence-corrected chi connectivity index (χ2v) is 8.49. The topological polar surface area (TPSA) is 91.9 Å². The first-order valence-electron chi connectivity index (χ1n) is 11.7. The van der Waals surface area contributed by atoms with E-state index in [4.69, 9.17) is 19.4 Å². The number of anilines is 2. The van der Waals surface area contributed by atoms with Crippen LogP contribution in [0.3, 0.4) is 0 Å². The van der Waals surface area contributed by atoms with Gasteiger partial charge in [0.05, 0.1) is 31.6 Å². The van der Waals surface area contributed by atoms with Crippen LogP contribution in [0.2, 0.25) is 0 Å². The summed E-state index contributed by atoms with van der Waals surface area (Å²) in [6.45, 7) is 10.3. The van der Waals surface area contributed by atoms with Gasteiger partial charge in [0.25, 0.3) is 0 Å². The number of benzene rings is 1. The minimum atomic E-state index is -0.213. The minimum absolute atomic E-state index is 0.213. The standard InChI is InChI=1S/C24H34N6O3/c1-4-25-24(31)26-19-7-5-18(6-8-19)22-27-21-15-29(11-13-32-3)10-9-20(21)23(28-22)30-12-14-33-16-17(30)2/h5-8,17H,4,9-16H2,1-3H3,(H2,25,26,31)/t17-/m0/s1. The second kappa shape index (κ2) is 10.9. The normalized spacial score (nSPS) is 18.6. The molecule has 2 aliphatic rings. The third-order valence-corrected chi connectivity index (χ3v) is 6.11. The van der Waals surface area contributed by atoms with Crippen molar-refractivity contribution in [2.45, 2.75) is 32.9 Å². The van der Waals surface area contributed by atoms with Crippen molar-refractivity contribution in [2.24, 2.45) is 0 Å². The van der Waals surface area contributed by atoms with Crippen LogP contribution in [0.5, 0.6) is 0 Å². The number of fused-ring (bicyclic) bond motifs is 1. The predicted octanol–water partition coefficient (Wildman–Crippen LogP) is 2.51. The average molecular weight is 455 g/mol. The summed E-state index contributed by atoms with van der Waals surface area (Å²) in [5.74, 6) is 1.74. The Labute approximate surface area is 195 Å². The molecule has 0 bridgehead atoms. The fourth-order valence-electron chi connectivity index (χ4n) is 4.32. The maximum atomic E-state index is 11.8. The third-order valence-electron chi connectivity index (χ3n) is 6.11. The van der Waals surface area contributed by atoms with E-state index in [-0.39, 0.29) is 12.1 Å². The van der Waals surface area contributed by atoms with Crippen LogP contribution >= 0.6 is 0 Å². The molecule has 1 aromatic carbocycles. The molecule has 2 N–H and O–H groups in total. The number of nitrogens with one attached hydrogen (secondary N) is 2. The molecule has 2 aliphatic heterocycles. The van der Waals surface area contributed by atoms with E-state index in [2.05, 4.69) is 27.4 Å². The van der Waals surface area contributed by atoms with E-state index in [1.54, 1.807) is 7.11 Å². The summed E-state index contributed by atoms with van der Waals surface area (Å²) < 4.78 is 11.0. The van der Waals surface area contributed by atoms with Gasteiger partial charge in [-0.25, -0.2) is 14.8 Å². The van der Waals surface area contributed by atoms with Crippen LogP contribution in [0.25, 0.3) is 11.4 Å². The van der Waals surface area contributed by atoms with Crippen LogP contribution < -0.4 is 15.5 Å². The molecule has 33 heavy (non-hydrogen) atoms. The van der Waals surface area contributed by atoms with Gasteiger partial charge in [0, 0.05) is 56.6 Å². The molecular formula is C24H34N6O3. The molecule has 4 rings (SSSR count). The molecule has 3 heterocycles. The quantitative estimate of drug-likeness (QED) is 0.664. The number of aromatic nitrogens is 2. The number of carbonyl (C=O) groups is 1. The number of urea groups is 1. The van der Waals surface area contributed by atoms with Crippen LogP contribution in [-0.2, 0) is 22.4 Å². The molecule has 2 amide bonds. The maximum Gasteiger partial charge on any atom is 0.319 e. The molecule has 178 valence electrons. The Kier molecular flexibility index (Phi) is 7.74. The van der Waals surface area contributed by atoms with Gasteiger partial charge in [-0.3, -0.25) is 4.90 Å². The lowest BCUT2D eigenvalue weighted by atomic mass is 10.0. The Morgan fingerprint density at radius 2 is 2.06 bits per heavy atom. The van der Waals surface area contributed by atoms with Crippen LogP contribution in [0.4, 0.5) is 16.3 Å². The van der Waals surface area contributed by atoms with Crippen molar-refractivity contribution in [3.63, 3.8) is 0 Å². The summed E-state index contributed by atoms with van der Waals surface area (Å²) in [7, 11) is 1.74. The van der Waals surface area contributed by atoms with Gasteiger partial charge in [-0.2, -0.15) is 0 Å². The average Bonchev–Trinajstić information content (AvgIpc) is 2.83. The molecule has 9 nitrogen and oxygen atoms in total. The molecule has 0 aliphatic carbocycles. The highest BCUT2D eigenvalue weighted by Gasteiger charge is 2.28. The number of hydrogen-bond donors (Lipinski definition) is 2.